The Balaban J connectivity index is 1.53. The number of fused-ring (bicyclic) bond motifs is 1. The normalized spacial score (nSPS) is 22.1. The van der Waals surface area contributed by atoms with E-state index in [9.17, 15) is 5.11 Å². The molecule has 0 bridgehead atoms. The van der Waals surface area contributed by atoms with Crippen molar-refractivity contribution in [2.24, 2.45) is 4.99 Å². The summed E-state index contributed by atoms with van der Waals surface area (Å²) in [6.07, 6.45) is 12.5. The van der Waals surface area contributed by atoms with Crippen molar-refractivity contribution in [2.75, 3.05) is 0 Å². The van der Waals surface area contributed by atoms with Crippen LogP contribution in [0.25, 0.3) is 12.2 Å². The largest absolute Gasteiger partial charge is 0.382 e. The molecule has 25 heavy (non-hydrogen) atoms. The first kappa shape index (κ1) is 15.6. The maximum Gasteiger partial charge on any atom is 0.122 e. The summed E-state index contributed by atoms with van der Waals surface area (Å²) in [5.74, 6) is 0. The molecule has 2 aliphatic rings. The summed E-state index contributed by atoms with van der Waals surface area (Å²) in [6, 6.07) is 18.2. The van der Waals surface area contributed by atoms with Crippen LogP contribution in [-0.4, -0.2) is 10.8 Å². The van der Waals surface area contributed by atoms with E-state index in [4.69, 9.17) is 0 Å². The summed E-state index contributed by atoms with van der Waals surface area (Å²) >= 11 is 0. The monoisotopic (exact) mass is 325 g/mol. The molecule has 4 rings (SSSR count). The van der Waals surface area contributed by atoms with Crippen LogP contribution in [0.15, 0.2) is 95.2 Å². The topological polar surface area (TPSA) is 32.6 Å². The van der Waals surface area contributed by atoms with E-state index in [0.29, 0.717) is 5.71 Å². The van der Waals surface area contributed by atoms with Crippen molar-refractivity contribution < 1.29 is 5.11 Å². The standard InChI is InChI=1S/C23H19NO/c25-23-21-9-5-4-8-19(21)12-15-22(23)24-20-13-10-18(11-14-20)16-17-6-2-1-3-7-17/h1-10,12-16,23,25H,11H2. The molecule has 2 nitrogen and oxygen atoms in total. The van der Waals surface area contributed by atoms with Gasteiger partial charge in [0, 0.05) is 0 Å². The highest BCUT2D eigenvalue weighted by Crippen LogP contribution is 2.27. The fraction of sp³-hybridized carbons (Fsp3) is 0.0870. The zero-order valence-corrected chi connectivity index (χ0v) is 13.8. The van der Waals surface area contributed by atoms with Gasteiger partial charge in [-0.2, -0.15) is 0 Å². The van der Waals surface area contributed by atoms with Crippen LogP contribution in [0.3, 0.4) is 0 Å². The van der Waals surface area contributed by atoms with Crippen molar-refractivity contribution in [2.45, 2.75) is 12.5 Å². The summed E-state index contributed by atoms with van der Waals surface area (Å²) in [5.41, 5.74) is 5.99. The fourth-order valence-electron chi connectivity index (χ4n) is 3.09. The van der Waals surface area contributed by atoms with Gasteiger partial charge in [-0.05, 0) is 40.8 Å². The average Bonchev–Trinajstić information content (AvgIpc) is 2.67. The summed E-state index contributed by atoms with van der Waals surface area (Å²) in [7, 11) is 0. The van der Waals surface area contributed by atoms with E-state index in [0.717, 1.165) is 23.2 Å². The van der Waals surface area contributed by atoms with Crippen LogP contribution in [0.4, 0.5) is 0 Å². The van der Waals surface area contributed by atoms with Crippen molar-refractivity contribution in [3.05, 3.63) is 107 Å². The highest BCUT2D eigenvalue weighted by Gasteiger charge is 2.19. The minimum absolute atomic E-state index is 0.670. The van der Waals surface area contributed by atoms with E-state index < -0.39 is 6.10 Å². The molecule has 0 saturated carbocycles. The molecule has 0 saturated heterocycles. The first-order chi connectivity index (χ1) is 12.3. The second kappa shape index (κ2) is 6.88. The van der Waals surface area contributed by atoms with Gasteiger partial charge in [0.25, 0.3) is 0 Å². The highest BCUT2D eigenvalue weighted by atomic mass is 16.3. The van der Waals surface area contributed by atoms with Gasteiger partial charge in [-0.25, -0.2) is 0 Å². The van der Waals surface area contributed by atoms with Crippen LogP contribution in [0.2, 0.25) is 0 Å². The predicted octanol–water partition coefficient (Wildman–Crippen LogP) is 5.12. The Morgan fingerprint density at radius 2 is 1.68 bits per heavy atom. The molecule has 1 unspecified atom stereocenters. The molecule has 2 heteroatoms. The molecular weight excluding hydrogens is 306 g/mol. The van der Waals surface area contributed by atoms with Crippen LogP contribution in [0.1, 0.15) is 29.2 Å². The van der Waals surface area contributed by atoms with E-state index in [-0.39, 0.29) is 0 Å². The lowest BCUT2D eigenvalue weighted by Crippen LogP contribution is -2.14. The lowest BCUT2D eigenvalue weighted by Gasteiger charge is -2.19. The quantitative estimate of drug-likeness (QED) is 0.817. The third-order valence-electron chi connectivity index (χ3n) is 4.43. The number of nitrogens with zero attached hydrogens (tertiary/aromatic N) is 1. The lowest BCUT2D eigenvalue weighted by molar-refractivity contribution is 0.247. The molecule has 0 fully saturated rings. The van der Waals surface area contributed by atoms with Gasteiger partial charge in [-0.15, -0.1) is 0 Å². The van der Waals surface area contributed by atoms with Crippen molar-refractivity contribution >= 4 is 17.9 Å². The smallest absolute Gasteiger partial charge is 0.122 e. The van der Waals surface area contributed by atoms with Gasteiger partial charge in [0.15, 0.2) is 0 Å². The molecule has 2 aromatic carbocycles. The van der Waals surface area contributed by atoms with Crippen molar-refractivity contribution in [3.8, 4) is 0 Å². The second-order valence-electron chi connectivity index (χ2n) is 6.20. The van der Waals surface area contributed by atoms with E-state index in [1.165, 1.54) is 11.1 Å². The van der Waals surface area contributed by atoms with Crippen LogP contribution in [0, 0.1) is 0 Å². The Morgan fingerprint density at radius 1 is 0.880 bits per heavy atom. The number of allylic oxidation sites excluding steroid dienone is 4. The van der Waals surface area contributed by atoms with E-state index in [1.807, 2.05) is 60.7 Å². The number of rotatable bonds is 2. The van der Waals surface area contributed by atoms with Gasteiger partial charge in [0.05, 0.1) is 11.4 Å². The van der Waals surface area contributed by atoms with Crippen LogP contribution in [0.5, 0.6) is 0 Å². The summed E-state index contributed by atoms with van der Waals surface area (Å²) in [5, 5.41) is 10.6. The summed E-state index contributed by atoms with van der Waals surface area (Å²) in [4.78, 5) is 4.64. The molecule has 2 aliphatic carbocycles. The van der Waals surface area contributed by atoms with Crippen molar-refractivity contribution in [3.63, 3.8) is 0 Å². The van der Waals surface area contributed by atoms with Gasteiger partial charge in [0.1, 0.15) is 6.10 Å². The third kappa shape index (κ3) is 3.44. The zero-order chi connectivity index (χ0) is 17.1. The van der Waals surface area contributed by atoms with Crippen molar-refractivity contribution in [1.29, 1.82) is 0 Å². The van der Waals surface area contributed by atoms with Gasteiger partial charge >= 0.3 is 0 Å². The molecule has 0 aliphatic heterocycles. The number of hydrogen-bond acceptors (Lipinski definition) is 2. The maximum absolute atomic E-state index is 10.6. The fourth-order valence-corrected chi connectivity index (χ4v) is 3.09. The minimum Gasteiger partial charge on any atom is -0.382 e. The molecule has 0 aromatic heterocycles. The molecule has 1 N–H and O–H groups in total. The molecular formula is C23H19NO. The summed E-state index contributed by atoms with van der Waals surface area (Å²) in [6.45, 7) is 0. The SMILES string of the molecule is OC1C(=NC2=CCC(=Cc3ccccc3)C=C2)C=Cc2ccccc21. The van der Waals surface area contributed by atoms with Gasteiger partial charge in [0.2, 0.25) is 0 Å². The molecule has 0 heterocycles. The average molecular weight is 325 g/mol. The third-order valence-corrected chi connectivity index (χ3v) is 4.43. The zero-order valence-electron chi connectivity index (χ0n) is 13.8. The molecule has 122 valence electrons. The van der Waals surface area contributed by atoms with Gasteiger partial charge < -0.3 is 5.11 Å². The number of benzene rings is 2. The van der Waals surface area contributed by atoms with Crippen molar-refractivity contribution in [1.82, 2.24) is 0 Å². The predicted molar refractivity (Wildman–Crippen MR) is 104 cm³/mol. The Morgan fingerprint density at radius 3 is 2.48 bits per heavy atom. The van der Waals surface area contributed by atoms with E-state index >= 15 is 0 Å². The van der Waals surface area contributed by atoms with Gasteiger partial charge in [-0.3, -0.25) is 4.99 Å². The van der Waals surface area contributed by atoms with Crippen LogP contribution in [-0.2, 0) is 0 Å². The van der Waals surface area contributed by atoms with E-state index in [1.54, 1.807) is 0 Å². The maximum atomic E-state index is 10.6. The van der Waals surface area contributed by atoms with Crippen LogP contribution >= 0.6 is 0 Å². The Bertz CT molecular complexity index is 930. The van der Waals surface area contributed by atoms with E-state index in [2.05, 4.69) is 35.4 Å². The number of aliphatic hydroxyl groups is 1. The minimum atomic E-state index is -0.670. The second-order valence-corrected chi connectivity index (χ2v) is 6.20. The highest BCUT2D eigenvalue weighted by molar-refractivity contribution is 6.05. The Labute approximate surface area is 147 Å². The number of aliphatic imine (C=N–C) groups is 1. The first-order valence-electron chi connectivity index (χ1n) is 8.47. The molecule has 0 radical (unpaired) electrons. The molecule has 2 aromatic rings. The number of aliphatic hydroxyl groups excluding tert-OH is 1. The number of hydrogen-bond donors (Lipinski definition) is 1. The summed E-state index contributed by atoms with van der Waals surface area (Å²) < 4.78 is 0. The first-order valence-corrected chi connectivity index (χ1v) is 8.47. The Hall–Kier alpha value is -2.97. The lowest BCUT2D eigenvalue weighted by atomic mass is 9.93. The van der Waals surface area contributed by atoms with Crippen LogP contribution < -0.4 is 0 Å². The molecule has 1 atom stereocenters. The Kier molecular flexibility index (Phi) is 4.28. The molecule has 0 amide bonds. The molecule has 0 spiro atoms. The van der Waals surface area contributed by atoms with Gasteiger partial charge in [-0.1, -0.05) is 78.9 Å².